The minimum atomic E-state index is -0.305. The molecule has 0 N–H and O–H groups in total. The Bertz CT molecular complexity index is 1720. The zero-order valence-corrected chi connectivity index (χ0v) is 19.2. The van der Waals surface area contributed by atoms with Crippen LogP contribution in [0.2, 0.25) is 0 Å². The van der Waals surface area contributed by atoms with E-state index in [2.05, 4.69) is 49.4 Å². The number of nitriles is 2. The van der Waals surface area contributed by atoms with E-state index in [1.807, 2.05) is 37.3 Å². The predicted molar refractivity (Wildman–Crippen MR) is 136 cm³/mol. The number of hydrogen-bond donors (Lipinski definition) is 0. The van der Waals surface area contributed by atoms with Gasteiger partial charge >= 0.3 is 0 Å². The molecule has 2 nitrogen and oxygen atoms in total. The molecule has 0 aliphatic heterocycles. The van der Waals surface area contributed by atoms with Crippen LogP contribution in [0.5, 0.6) is 0 Å². The summed E-state index contributed by atoms with van der Waals surface area (Å²) >= 11 is 0. The van der Waals surface area contributed by atoms with E-state index in [0.717, 1.165) is 49.4 Å². The minimum absolute atomic E-state index is 0.305. The minimum Gasteiger partial charge on any atom is -0.206 e. The van der Waals surface area contributed by atoms with E-state index in [0.29, 0.717) is 22.3 Å². The Morgan fingerprint density at radius 1 is 0.618 bits per heavy atom. The number of fused-ring (bicyclic) bond motifs is 2. The van der Waals surface area contributed by atoms with Crippen LogP contribution >= 0.6 is 0 Å². The van der Waals surface area contributed by atoms with Gasteiger partial charge in [0.15, 0.2) is 0 Å². The van der Waals surface area contributed by atoms with Crippen LogP contribution in [0.4, 0.5) is 4.39 Å². The molecule has 162 valence electrons. The van der Waals surface area contributed by atoms with Crippen molar-refractivity contribution in [3.05, 3.63) is 106 Å². The van der Waals surface area contributed by atoms with Crippen LogP contribution in [0.15, 0.2) is 72.8 Å². The highest BCUT2D eigenvalue weighted by Crippen LogP contribution is 2.36. The molecule has 5 rings (SSSR count). The first-order valence-corrected chi connectivity index (χ1v) is 11.1. The molecule has 0 aliphatic carbocycles. The molecule has 0 aromatic heterocycles. The Kier molecular flexibility index (Phi) is 5.12. The number of halogens is 1. The number of rotatable bonds is 2. The average Bonchev–Trinajstić information content (AvgIpc) is 2.86. The average molecular weight is 441 g/mol. The van der Waals surface area contributed by atoms with Gasteiger partial charge in [-0.25, -0.2) is 4.39 Å². The first-order chi connectivity index (χ1) is 16.4. The van der Waals surface area contributed by atoms with Crippen LogP contribution < -0.4 is 0 Å². The van der Waals surface area contributed by atoms with Crippen LogP contribution in [-0.4, -0.2) is 0 Å². The van der Waals surface area contributed by atoms with E-state index in [1.54, 1.807) is 19.1 Å². The summed E-state index contributed by atoms with van der Waals surface area (Å²) in [5.74, 6) is -0.305. The molecular weight excluding hydrogens is 419 g/mol. The lowest BCUT2D eigenvalue weighted by Crippen LogP contribution is -1.93. The van der Waals surface area contributed by atoms with Gasteiger partial charge < -0.3 is 0 Å². The van der Waals surface area contributed by atoms with Gasteiger partial charge in [0, 0.05) is 10.9 Å². The van der Waals surface area contributed by atoms with Gasteiger partial charge in [-0.3, -0.25) is 0 Å². The fourth-order valence-electron chi connectivity index (χ4n) is 4.76. The van der Waals surface area contributed by atoms with E-state index in [4.69, 9.17) is 0 Å². The van der Waals surface area contributed by atoms with Crippen molar-refractivity contribution >= 4 is 21.5 Å². The molecule has 34 heavy (non-hydrogen) atoms. The SMILES string of the molecule is Cc1cc(C#N)cc(-c2ccc3ccc(-c4ccc5c(C)ccc(C#N)c5c4)c(C)c3c2)c1F. The lowest BCUT2D eigenvalue weighted by molar-refractivity contribution is 0.622. The molecule has 0 unspecified atom stereocenters. The van der Waals surface area contributed by atoms with Crippen molar-refractivity contribution in [2.24, 2.45) is 0 Å². The first kappa shape index (κ1) is 21.4. The Morgan fingerprint density at radius 3 is 2.09 bits per heavy atom. The fourth-order valence-corrected chi connectivity index (χ4v) is 4.76. The van der Waals surface area contributed by atoms with Crippen molar-refractivity contribution < 1.29 is 4.39 Å². The highest BCUT2D eigenvalue weighted by atomic mass is 19.1. The molecule has 3 heteroatoms. The summed E-state index contributed by atoms with van der Waals surface area (Å²) in [4.78, 5) is 0. The molecular formula is C31H21FN2. The summed E-state index contributed by atoms with van der Waals surface area (Å²) in [6, 6.07) is 27.8. The molecule has 0 amide bonds. The topological polar surface area (TPSA) is 47.6 Å². The fraction of sp³-hybridized carbons (Fsp3) is 0.0968. The second-order valence-corrected chi connectivity index (χ2v) is 8.74. The molecule has 0 spiro atoms. The Balaban J connectivity index is 1.71. The van der Waals surface area contributed by atoms with Crippen molar-refractivity contribution in [2.45, 2.75) is 20.8 Å². The van der Waals surface area contributed by atoms with E-state index in [9.17, 15) is 14.9 Å². The Labute approximate surface area is 198 Å². The van der Waals surface area contributed by atoms with Crippen LogP contribution in [0.1, 0.15) is 27.8 Å². The summed E-state index contributed by atoms with van der Waals surface area (Å²) in [5.41, 5.74) is 7.06. The maximum absolute atomic E-state index is 15.0. The zero-order chi connectivity index (χ0) is 24.0. The number of nitrogens with zero attached hydrogens (tertiary/aromatic N) is 2. The summed E-state index contributed by atoms with van der Waals surface area (Å²) in [7, 11) is 0. The highest BCUT2D eigenvalue weighted by molar-refractivity contribution is 5.98. The monoisotopic (exact) mass is 440 g/mol. The van der Waals surface area contributed by atoms with Gasteiger partial charge in [0.2, 0.25) is 0 Å². The van der Waals surface area contributed by atoms with Gasteiger partial charge in [-0.15, -0.1) is 0 Å². The maximum Gasteiger partial charge on any atom is 0.134 e. The predicted octanol–water partition coefficient (Wildman–Crippen LogP) is 8.13. The van der Waals surface area contributed by atoms with Crippen LogP contribution in [0.3, 0.4) is 0 Å². The van der Waals surface area contributed by atoms with E-state index in [-0.39, 0.29) is 5.82 Å². The van der Waals surface area contributed by atoms with Crippen molar-refractivity contribution in [1.82, 2.24) is 0 Å². The normalized spacial score (nSPS) is 10.9. The summed E-state index contributed by atoms with van der Waals surface area (Å²) < 4.78 is 15.0. The molecule has 0 atom stereocenters. The largest absolute Gasteiger partial charge is 0.206 e. The molecule has 0 saturated heterocycles. The van der Waals surface area contributed by atoms with E-state index in [1.165, 1.54) is 0 Å². The standard InChI is InChI=1S/C31H21FN2/c1-18-4-5-25(17-34)29-15-23(9-10-26(18)29)27-11-8-22-6-7-24(14-28(22)20(27)3)30-13-21(16-33)12-19(2)31(30)32/h4-15H,1-3H3. The lowest BCUT2D eigenvalue weighted by atomic mass is 9.90. The number of aryl methyl sites for hydroxylation is 3. The molecule has 0 fully saturated rings. The molecule has 0 heterocycles. The number of hydrogen-bond acceptors (Lipinski definition) is 2. The highest BCUT2D eigenvalue weighted by Gasteiger charge is 2.13. The molecule has 0 radical (unpaired) electrons. The Morgan fingerprint density at radius 2 is 1.32 bits per heavy atom. The van der Waals surface area contributed by atoms with Gasteiger partial charge in [0.05, 0.1) is 23.3 Å². The number of benzene rings is 5. The summed E-state index contributed by atoms with van der Waals surface area (Å²) in [6.45, 7) is 5.80. The van der Waals surface area contributed by atoms with E-state index < -0.39 is 0 Å². The second-order valence-electron chi connectivity index (χ2n) is 8.74. The maximum atomic E-state index is 15.0. The van der Waals surface area contributed by atoms with Crippen LogP contribution in [-0.2, 0) is 0 Å². The van der Waals surface area contributed by atoms with Gasteiger partial charge in [0.25, 0.3) is 0 Å². The third-order valence-corrected chi connectivity index (χ3v) is 6.65. The third-order valence-electron chi connectivity index (χ3n) is 6.65. The second kappa shape index (κ2) is 8.14. The Hall–Kier alpha value is -4.47. The summed E-state index contributed by atoms with van der Waals surface area (Å²) in [6.07, 6.45) is 0. The van der Waals surface area contributed by atoms with Gasteiger partial charge in [-0.05, 0) is 101 Å². The molecule has 0 saturated carbocycles. The first-order valence-electron chi connectivity index (χ1n) is 11.1. The van der Waals surface area contributed by atoms with E-state index >= 15 is 0 Å². The quantitative estimate of drug-likeness (QED) is 0.278. The third kappa shape index (κ3) is 3.40. The molecule has 5 aromatic rings. The van der Waals surface area contributed by atoms with Crippen molar-refractivity contribution in [1.29, 1.82) is 10.5 Å². The molecule has 5 aromatic carbocycles. The molecule has 0 aliphatic rings. The van der Waals surface area contributed by atoms with Crippen molar-refractivity contribution in [2.75, 3.05) is 0 Å². The van der Waals surface area contributed by atoms with Crippen molar-refractivity contribution in [3.63, 3.8) is 0 Å². The zero-order valence-electron chi connectivity index (χ0n) is 19.2. The van der Waals surface area contributed by atoms with Gasteiger partial charge in [-0.2, -0.15) is 10.5 Å². The van der Waals surface area contributed by atoms with Crippen LogP contribution in [0, 0.1) is 49.3 Å². The summed E-state index contributed by atoms with van der Waals surface area (Å²) in [5, 5.41) is 23.1. The lowest BCUT2D eigenvalue weighted by Gasteiger charge is -2.14. The van der Waals surface area contributed by atoms with Gasteiger partial charge in [0.1, 0.15) is 5.82 Å². The molecule has 0 bridgehead atoms. The smallest absolute Gasteiger partial charge is 0.134 e. The van der Waals surface area contributed by atoms with Gasteiger partial charge in [-0.1, -0.05) is 42.5 Å². The van der Waals surface area contributed by atoms with Crippen LogP contribution in [0.25, 0.3) is 43.8 Å². The van der Waals surface area contributed by atoms with Crippen molar-refractivity contribution in [3.8, 4) is 34.4 Å².